The molecule has 2 rings (SSSR count). The number of sulfonamides is 1. The van der Waals surface area contributed by atoms with E-state index in [2.05, 4.69) is 5.32 Å². The number of halogens is 1. The number of carbonyl (C=O) groups excluding carboxylic acids is 1. The van der Waals surface area contributed by atoms with E-state index in [1.165, 1.54) is 19.2 Å². The summed E-state index contributed by atoms with van der Waals surface area (Å²) in [7, 11) is -2.26. The molecule has 2 aromatic rings. The van der Waals surface area contributed by atoms with Crippen LogP contribution in [-0.4, -0.2) is 45.4 Å². The number of nitrogens with zero attached hydrogens (tertiary/aromatic N) is 1. The minimum atomic E-state index is -3.69. The van der Waals surface area contributed by atoms with Crippen molar-refractivity contribution >= 4 is 15.9 Å². The van der Waals surface area contributed by atoms with Crippen LogP contribution in [0.4, 0.5) is 4.39 Å². The van der Waals surface area contributed by atoms with E-state index in [1.807, 2.05) is 31.2 Å². The lowest BCUT2D eigenvalue weighted by molar-refractivity contribution is -0.121. The van der Waals surface area contributed by atoms with Gasteiger partial charge in [-0.15, -0.1) is 0 Å². The first-order valence-corrected chi connectivity index (χ1v) is 10.4. The van der Waals surface area contributed by atoms with E-state index in [0.717, 1.165) is 27.8 Å². The molecule has 0 saturated heterocycles. The Hall–Kier alpha value is -2.45. The maximum Gasteiger partial charge on any atom is 0.242 e. The van der Waals surface area contributed by atoms with E-state index in [-0.39, 0.29) is 23.8 Å². The third-order valence-electron chi connectivity index (χ3n) is 4.11. The summed E-state index contributed by atoms with van der Waals surface area (Å²) in [4.78, 5) is 11.9. The van der Waals surface area contributed by atoms with Crippen LogP contribution in [0.5, 0.6) is 5.75 Å². The molecule has 1 amide bonds. The quantitative estimate of drug-likeness (QED) is 0.614. The molecule has 0 radical (unpaired) electrons. The van der Waals surface area contributed by atoms with Gasteiger partial charge >= 0.3 is 0 Å². The van der Waals surface area contributed by atoms with Crippen molar-refractivity contribution in [3.63, 3.8) is 0 Å². The Bertz CT molecular complexity index is 868. The van der Waals surface area contributed by atoms with Crippen molar-refractivity contribution in [2.24, 2.45) is 0 Å². The van der Waals surface area contributed by atoms with Gasteiger partial charge in [-0.2, -0.15) is 0 Å². The highest BCUT2D eigenvalue weighted by Crippen LogP contribution is 2.15. The van der Waals surface area contributed by atoms with Crippen molar-refractivity contribution in [1.82, 2.24) is 9.62 Å². The second kappa shape index (κ2) is 10.2. The number of benzene rings is 2. The van der Waals surface area contributed by atoms with E-state index >= 15 is 0 Å². The Morgan fingerprint density at radius 3 is 2.39 bits per heavy atom. The van der Waals surface area contributed by atoms with Crippen LogP contribution in [0, 0.1) is 12.7 Å². The first kappa shape index (κ1) is 21.8. The molecule has 152 valence electrons. The number of carbonyl (C=O) groups is 1. The summed E-state index contributed by atoms with van der Waals surface area (Å²) in [5.74, 6) is 0.0807. The molecule has 0 aliphatic carbocycles. The molecule has 2 aromatic carbocycles. The van der Waals surface area contributed by atoms with Gasteiger partial charge in [-0.05, 0) is 49.7 Å². The summed E-state index contributed by atoms with van der Waals surface area (Å²) in [6.07, 6.45) is 0.579. The van der Waals surface area contributed by atoms with Crippen molar-refractivity contribution < 1.29 is 22.3 Å². The number of nitrogens with one attached hydrogen (secondary N) is 1. The lowest BCUT2D eigenvalue weighted by Crippen LogP contribution is -2.31. The fraction of sp³-hybridized carbons (Fsp3) is 0.350. The maximum absolute atomic E-state index is 12.9. The summed E-state index contributed by atoms with van der Waals surface area (Å²) in [5.41, 5.74) is 1.15. The molecule has 0 aromatic heterocycles. The van der Waals surface area contributed by atoms with Crippen LogP contribution in [0.1, 0.15) is 18.4 Å². The van der Waals surface area contributed by atoms with Gasteiger partial charge in [-0.3, -0.25) is 4.79 Å². The zero-order valence-electron chi connectivity index (χ0n) is 16.0. The molecule has 0 spiro atoms. The fourth-order valence-electron chi connectivity index (χ4n) is 2.45. The van der Waals surface area contributed by atoms with Crippen LogP contribution < -0.4 is 10.1 Å². The second-order valence-electron chi connectivity index (χ2n) is 6.40. The zero-order chi connectivity index (χ0) is 20.6. The molecule has 0 bridgehead atoms. The predicted octanol–water partition coefficient (Wildman–Crippen LogP) is 2.73. The summed E-state index contributed by atoms with van der Waals surface area (Å²) in [6.45, 7) is 2.91. The molecule has 8 heteroatoms. The number of rotatable bonds is 10. The van der Waals surface area contributed by atoms with E-state index in [0.29, 0.717) is 19.6 Å². The fourth-order valence-corrected chi connectivity index (χ4v) is 3.66. The Morgan fingerprint density at radius 1 is 1.11 bits per heavy atom. The molecule has 0 heterocycles. The second-order valence-corrected chi connectivity index (χ2v) is 8.44. The van der Waals surface area contributed by atoms with Crippen LogP contribution >= 0.6 is 0 Å². The van der Waals surface area contributed by atoms with Gasteiger partial charge in [0.05, 0.1) is 11.4 Å². The third kappa shape index (κ3) is 6.61. The van der Waals surface area contributed by atoms with Crippen LogP contribution in [-0.2, 0) is 14.8 Å². The Kier molecular flexibility index (Phi) is 7.95. The van der Waals surface area contributed by atoms with Crippen molar-refractivity contribution in [1.29, 1.82) is 0 Å². The molecule has 0 fully saturated rings. The highest BCUT2D eigenvalue weighted by atomic mass is 32.2. The van der Waals surface area contributed by atoms with Crippen LogP contribution in [0.3, 0.4) is 0 Å². The van der Waals surface area contributed by atoms with Gasteiger partial charge in [0.1, 0.15) is 18.2 Å². The molecule has 6 nitrogen and oxygen atoms in total. The van der Waals surface area contributed by atoms with Crippen molar-refractivity contribution in [2.45, 2.75) is 24.7 Å². The monoisotopic (exact) mass is 408 g/mol. The topological polar surface area (TPSA) is 75.7 Å². The smallest absolute Gasteiger partial charge is 0.242 e. The SMILES string of the molecule is Cc1ccc(OCCNC(=O)CCCN(C)S(=O)(=O)c2ccc(F)cc2)cc1. The van der Waals surface area contributed by atoms with Gasteiger partial charge in [0.15, 0.2) is 0 Å². The zero-order valence-corrected chi connectivity index (χ0v) is 16.8. The summed E-state index contributed by atoms with van der Waals surface area (Å²) in [5, 5.41) is 2.74. The summed E-state index contributed by atoms with van der Waals surface area (Å²) >= 11 is 0. The molecule has 0 saturated carbocycles. The lowest BCUT2D eigenvalue weighted by Gasteiger charge is -2.17. The van der Waals surface area contributed by atoms with E-state index in [1.54, 1.807) is 0 Å². The highest BCUT2D eigenvalue weighted by molar-refractivity contribution is 7.89. The van der Waals surface area contributed by atoms with Crippen LogP contribution in [0.25, 0.3) is 0 Å². The van der Waals surface area contributed by atoms with Crippen LogP contribution in [0.15, 0.2) is 53.4 Å². The van der Waals surface area contributed by atoms with Gasteiger partial charge in [-0.25, -0.2) is 17.1 Å². The third-order valence-corrected chi connectivity index (χ3v) is 5.98. The summed E-state index contributed by atoms with van der Waals surface area (Å²) < 4.78 is 44.4. The Labute approximate surface area is 165 Å². The van der Waals surface area contributed by atoms with Gasteiger partial charge < -0.3 is 10.1 Å². The molecule has 0 unspecified atom stereocenters. The van der Waals surface area contributed by atoms with E-state index in [9.17, 15) is 17.6 Å². The number of aryl methyl sites for hydroxylation is 1. The maximum atomic E-state index is 12.9. The van der Waals surface area contributed by atoms with Crippen molar-refractivity contribution in [2.75, 3.05) is 26.7 Å². The number of hydrogen-bond acceptors (Lipinski definition) is 4. The first-order valence-electron chi connectivity index (χ1n) is 8.97. The molecule has 0 atom stereocenters. The lowest BCUT2D eigenvalue weighted by atomic mass is 10.2. The highest BCUT2D eigenvalue weighted by Gasteiger charge is 2.20. The number of ether oxygens (including phenoxy) is 1. The normalized spacial score (nSPS) is 11.4. The molecule has 1 N–H and O–H groups in total. The van der Waals surface area contributed by atoms with Gasteiger partial charge in [-0.1, -0.05) is 17.7 Å². The average molecular weight is 408 g/mol. The molecule has 0 aliphatic heterocycles. The summed E-state index contributed by atoms with van der Waals surface area (Å²) in [6, 6.07) is 12.3. The van der Waals surface area contributed by atoms with Gasteiger partial charge in [0.25, 0.3) is 0 Å². The predicted molar refractivity (Wildman–Crippen MR) is 105 cm³/mol. The molecular formula is C20H25FN2O4S. The first-order chi connectivity index (χ1) is 13.3. The Morgan fingerprint density at radius 2 is 1.75 bits per heavy atom. The molecule has 28 heavy (non-hydrogen) atoms. The Balaban J connectivity index is 1.67. The molecule has 0 aliphatic rings. The van der Waals surface area contributed by atoms with E-state index < -0.39 is 15.8 Å². The van der Waals surface area contributed by atoms with Crippen molar-refractivity contribution in [3.05, 3.63) is 59.9 Å². The largest absolute Gasteiger partial charge is 0.492 e. The van der Waals surface area contributed by atoms with E-state index in [4.69, 9.17) is 4.74 Å². The van der Waals surface area contributed by atoms with Crippen molar-refractivity contribution in [3.8, 4) is 5.75 Å². The average Bonchev–Trinajstić information content (AvgIpc) is 2.67. The van der Waals surface area contributed by atoms with Gasteiger partial charge in [0.2, 0.25) is 15.9 Å². The van der Waals surface area contributed by atoms with Gasteiger partial charge in [0, 0.05) is 20.0 Å². The minimum Gasteiger partial charge on any atom is -0.492 e. The number of amides is 1. The number of hydrogen-bond donors (Lipinski definition) is 1. The standard InChI is InChI=1S/C20H25FN2O4S/c1-16-5-9-18(10-6-16)27-15-13-22-20(24)4-3-14-23(2)28(25,26)19-11-7-17(21)8-12-19/h5-12H,3-4,13-15H2,1-2H3,(H,22,24). The minimum absolute atomic E-state index is 0.0223. The van der Waals surface area contributed by atoms with Crippen LogP contribution in [0.2, 0.25) is 0 Å². The molecular weight excluding hydrogens is 383 g/mol.